The summed E-state index contributed by atoms with van der Waals surface area (Å²) in [6.45, 7) is 13.2. The Kier molecular flexibility index (Phi) is 7.01. The predicted molar refractivity (Wildman–Crippen MR) is 85.5 cm³/mol. The van der Waals surface area contributed by atoms with Gasteiger partial charge >= 0.3 is 0 Å². The van der Waals surface area contributed by atoms with Gasteiger partial charge in [0.1, 0.15) is 0 Å². The second-order valence-electron chi connectivity index (χ2n) is 7.12. The lowest BCUT2D eigenvalue weighted by atomic mass is 10.0. The highest BCUT2D eigenvalue weighted by atomic mass is 16.2. The number of hydrogen-bond donors (Lipinski definition) is 1. The lowest BCUT2D eigenvalue weighted by molar-refractivity contribution is -0.133. The molecule has 118 valence electrons. The van der Waals surface area contributed by atoms with Crippen LogP contribution in [0.3, 0.4) is 0 Å². The van der Waals surface area contributed by atoms with Gasteiger partial charge in [0.05, 0.1) is 12.2 Å². The molecule has 20 heavy (non-hydrogen) atoms. The summed E-state index contributed by atoms with van der Waals surface area (Å²) in [5, 5.41) is 3.57. The molecule has 1 aliphatic rings. The number of unbranched alkanes of at least 4 members (excludes halogenated alkanes) is 2. The molecule has 3 heteroatoms. The van der Waals surface area contributed by atoms with E-state index in [1.165, 1.54) is 19.3 Å². The third-order valence-electron chi connectivity index (χ3n) is 4.29. The Balaban J connectivity index is 2.72. The van der Waals surface area contributed by atoms with Crippen molar-refractivity contribution < 1.29 is 4.79 Å². The van der Waals surface area contributed by atoms with Crippen molar-refractivity contribution >= 4 is 5.91 Å². The maximum atomic E-state index is 12.7. The van der Waals surface area contributed by atoms with Gasteiger partial charge in [-0.15, -0.1) is 0 Å². The first-order chi connectivity index (χ1) is 9.38. The number of rotatable bonds is 8. The van der Waals surface area contributed by atoms with Gasteiger partial charge in [-0.25, -0.2) is 0 Å². The summed E-state index contributed by atoms with van der Waals surface area (Å²) >= 11 is 0. The number of carbonyl (C=O) groups excluding carboxylic acids is 1. The van der Waals surface area contributed by atoms with Crippen molar-refractivity contribution in [3.63, 3.8) is 0 Å². The lowest BCUT2D eigenvalue weighted by Gasteiger charge is -2.31. The quantitative estimate of drug-likeness (QED) is 0.687. The highest BCUT2D eigenvalue weighted by Gasteiger charge is 2.42. The molecule has 0 aliphatic carbocycles. The van der Waals surface area contributed by atoms with Gasteiger partial charge in [-0.2, -0.15) is 0 Å². The molecule has 0 radical (unpaired) electrons. The average molecular weight is 282 g/mol. The largest absolute Gasteiger partial charge is 0.323 e. The van der Waals surface area contributed by atoms with Crippen LogP contribution in [0.1, 0.15) is 73.6 Å². The van der Waals surface area contributed by atoms with Gasteiger partial charge in [0.15, 0.2) is 0 Å². The van der Waals surface area contributed by atoms with E-state index in [9.17, 15) is 4.79 Å². The summed E-state index contributed by atoms with van der Waals surface area (Å²) < 4.78 is 0. The zero-order valence-electron chi connectivity index (χ0n) is 14.3. The summed E-state index contributed by atoms with van der Waals surface area (Å²) in [6.07, 6.45) is 6.13. The van der Waals surface area contributed by atoms with E-state index in [1.54, 1.807) is 0 Å². The summed E-state index contributed by atoms with van der Waals surface area (Å²) in [5.74, 6) is 1.29. The monoisotopic (exact) mass is 282 g/mol. The van der Waals surface area contributed by atoms with Gasteiger partial charge in [-0.3, -0.25) is 10.1 Å². The molecule has 3 nitrogen and oxygen atoms in total. The number of hydrogen-bond acceptors (Lipinski definition) is 2. The van der Waals surface area contributed by atoms with Crippen molar-refractivity contribution in [2.24, 2.45) is 11.8 Å². The normalized spacial score (nSPS) is 25.0. The molecular formula is C17H34N2O. The predicted octanol–water partition coefficient (Wildman–Crippen LogP) is 3.78. The number of amides is 1. The summed E-state index contributed by atoms with van der Waals surface area (Å²) in [6, 6.07) is 0.362. The van der Waals surface area contributed by atoms with E-state index in [0.717, 1.165) is 12.8 Å². The van der Waals surface area contributed by atoms with E-state index in [1.807, 2.05) is 0 Å². The highest BCUT2D eigenvalue weighted by molar-refractivity contribution is 5.84. The van der Waals surface area contributed by atoms with Gasteiger partial charge in [0.2, 0.25) is 5.91 Å². The van der Waals surface area contributed by atoms with Crippen LogP contribution in [0.25, 0.3) is 0 Å². The molecule has 0 spiro atoms. The molecule has 1 aliphatic heterocycles. The fourth-order valence-corrected chi connectivity index (χ4v) is 3.13. The van der Waals surface area contributed by atoms with Crippen LogP contribution in [0.2, 0.25) is 0 Å². The SMILES string of the molecule is CCCCCC(C)N1C(=O)C(C(C)C)NC1CC(C)C. The van der Waals surface area contributed by atoms with Crippen molar-refractivity contribution in [2.75, 3.05) is 0 Å². The molecule has 0 aromatic rings. The molecule has 0 saturated carbocycles. The van der Waals surface area contributed by atoms with Gasteiger partial charge < -0.3 is 4.90 Å². The Morgan fingerprint density at radius 1 is 1.15 bits per heavy atom. The minimum absolute atomic E-state index is 0.00683. The van der Waals surface area contributed by atoms with Crippen LogP contribution in [0.4, 0.5) is 0 Å². The van der Waals surface area contributed by atoms with Gasteiger partial charge in [0.25, 0.3) is 0 Å². The third kappa shape index (κ3) is 4.47. The Hall–Kier alpha value is -0.570. The fraction of sp³-hybridized carbons (Fsp3) is 0.941. The van der Waals surface area contributed by atoms with E-state index in [0.29, 0.717) is 23.8 Å². The molecular weight excluding hydrogens is 248 g/mol. The summed E-state index contributed by atoms with van der Waals surface area (Å²) in [4.78, 5) is 14.8. The maximum absolute atomic E-state index is 12.7. The molecule has 1 saturated heterocycles. The van der Waals surface area contributed by atoms with Gasteiger partial charge in [-0.1, -0.05) is 53.9 Å². The van der Waals surface area contributed by atoms with E-state index >= 15 is 0 Å². The highest BCUT2D eigenvalue weighted by Crippen LogP contribution is 2.25. The zero-order chi connectivity index (χ0) is 15.3. The Morgan fingerprint density at radius 3 is 2.30 bits per heavy atom. The Labute approximate surface area is 125 Å². The second kappa shape index (κ2) is 8.02. The van der Waals surface area contributed by atoms with Crippen molar-refractivity contribution in [1.82, 2.24) is 10.2 Å². The molecule has 0 bridgehead atoms. The summed E-state index contributed by atoms with van der Waals surface area (Å²) in [5.41, 5.74) is 0. The first-order valence-corrected chi connectivity index (χ1v) is 8.46. The Bertz CT molecular complexity index is 301. The first-order valence-electron chi connectivity index (χ1n) is 8.46. The van der Waals surface area contributed by atoms with E-state index < -0.39 is 0 Å². The average Bonchev–Trinajstić information content (AvgIpc) is 2.65. The van der Waals surface area contributed by atoms with Crippen LogP contribution in [-0.2, 0) is 4.79 Å². The number of nitrogens with one attached hydrogen (secondary N) is 1. The van der Waals surface area contributed by atoms with Crippen molar-refractivity contribution in [3.8, 4) is 0 Å². The number of carbonyl (C=O) groups is 1. The van der Waals surface area contributed by atoms with Crippen molar-refractivity contribution in [1.29, 1.82) is 0 Å². The van der Waals surface area contributed by atoms with E-state index in [2.05, 4.69) is 51.8 Å². The van der Waals surface area contributed by atoms with Crippen LogP contribution in [0, 0.1) is 11.8 Å². The summed E-state index contributed by atoms with van der Waals surface area (Å²) in [7, 11) is 0. The van der Waals surface area contributed by atoms with Crippen molar-refractivity contribution in [2.45, 2.75) is 91.9 Å². The molecule has 0 aromatic carbocycles. The third-order valence-corrected chi connectivity index (χ3v) is 4.29. The number of nitrogens with zero attached hydrogens (tertiary/aromatic N) is 1. The van der Waals surface area contributed by atoms with Crippen LogP contribution in [-0.4, -0.2) is 29.1 Å². The van der Waals surface area contributed by atoms with Gasteiger partial charge in [-0.05, 0) is 31.6 Å². The molecule has 3 atom stereocenters. The van der Waals surface area contributed by atoms with Gasteiger partial charge in [0, 0.05) is 6.04 Å². The standard InChI is InChI=1S/C17H34N2O/c1-7-8-9-10-14(6)19-15(11-12(2)3)18-16(13(4)5)17(19)20/h12-16,18H,7-11H2,1-6H3. The zero-order valence-corrected chi connectivity index (χ0v) is 14.3. The fourth-order valence-electron chi connectivity index (χ4n) is 3.13. The minimum atomic E-state index is 0.00683. The topological polar surface area (TPSA) is 32.3 Å². The second-order valence-corrected chi connectivity index (χ2v) is 7.12. The van der Waals surface area contributed by atoms with E-state index in [4.69, 9.17) is 0 Å². The molecule has 3 unspecified atom stereocenters. The molecule has 1 N–H and O–H groups in total. The van der Waals surface area contributed by atoms with Crippen LogP contribution in [0.15, 0.2) is 0 Å². The van der Waals surface area contributed by atoms with E-state index in [-0.39, 0.29) is 12.2 Å². The lowest BCUT2D eigenvalue weighted by Crippen LogP contribution is -2.44. The smallest absolute Gasteiger partial charge is 0.241 e. The first kappa shape index (κ1) is 17.5. The molecule has 1 heterocycles. The molecule has 1 amide bonds. The van der Waals surface area contributed by atoms with Crippen LogP contribution >= 0.6 is 0 Å². The molecule has 0 aromatic heterocycles. The molecule has 1 fully saturated rings. The Morgan fingerprint density at radius 2 is 1.80 bits per heavy atom. The molecule has 1 rings (SSSR count). The van der Waals surface area contributed by atoms with Crippen LogP contribution < -0.4 is 5.32 Å². The van der Waals surface area contributed by atoms with Crippen molar-refractivity contribution in [3.05, 3.63) is 0 Å². The van der Waals surface area contributed by atoms with Crippen LogP contribution in [0.5, 0.6) is 0 Å². The minimum Gasteiger partial charge on any atom is -0.323 e. The maximum Gasteiger partial charge on any atom is 0.241 e.